The molecular weight excluding hydrogens is 230 g/mol. The van der Waals surface area contributed by atoms with Gasteiger partial charge in [-0.2, -0.15) is 11.8 Å². The van der Waals surface area contributed by atoms with E-state index in [0.29, 0.717) is 19.4 Å². The Morgan fingerprint density at radius 2 is 2.31 bits per heavy atom. The lowest BCUT2D eigenvalue weighted by Crippen LogP contribution is -2.55. The number of carbonyl (C=O) groups excluding carboxylic acids is 1. The van der Waals surface area contributed by atoms with Crippen LogP contribution in [0.1, 0.15) is 19.3 Å². The summed E-state index contributed by atoms with van der Waals surface area (Å²) < 4.78 is 5.05. The van der Waals surface area contributed by atoms with Gasteiger partial charge in [-0.15, -0.1) is 0 Å². The van der Waals surface area contributed by atoms with Crippen LogP contribution in [0.4, 0.5) is 0 Å². The molecule has 1 atom stereocenters. The van der Waals surface area contributed by atoms with Gasteiger partial charge in [0.1, 0.15) is 0 Å². The van der Waals surface area contributed by atoms with Crippen molar-refractivity contribution >= 4 is 23.6 Å². The molecule has 16 heavy (non-hydrogen) atoms. The Labute approximate surface area is 98.9 Å². The zero-order chi connectivity index (χ0) is 12.0. The summed E-state index contributed by atoms with van der Waals surface area (Å²) in [7, 11) is 0. The maximum Gasteiger partial charge on any atom is 0.331 e. The molecular formula is C10H17NO4S. The predicted octanol–water partition coefficient (Wildman–Crippen LogP) is 0.489. The number of carbonyl (C=O) groups is 2. The van der Waals surface area contributed by atoms with Gasteiger partial charge in [0.15, 0.2) is 5.54 Å². The van der Waals surface area contributed by atoms with Crippen LogP contribution in [-0.2, 0) is 14.3 Å². The van der Waals surface area contributed by atoms with Crippen molar-refractivity contribution in [1.29, 1.82) is 0 Å². The summed E-state index contributed by atoms with van der Waals surface area (Å²) in [6.45, 7) is 0.452. The van der Waals surface area contributed by atoms with E-state index in [2.05, 4.69) is 5.32 Å². The van der Waals surface area contributed by atoms with Crippen LogP contribution in [0.3, 0.4) is 0 Å². The summed E-state index contributed by atoms with van der Waals surface area (Å²) in [5.74, 6) is -0.311. The Morgan fingerprint density at radius 3 is 2.81 bits per heavy atom. The normalized spacial score (nSPS) is 24.3. The SMILES string of the molecule is CSCCCC(=O)NC1(C(=O)O)CCOC1. The topological polar surface area (TPSA) is 75.6 Å². The second-order valence-corrected chi connectivity index (χ2v) is 4.82. The Bertz CT molecular complexity index is 264. The van der Waals surface area contributed by atoms with Crippen LogP contribution in [0.15, 0.2) is 0 Å². The van der Waals surface area contributed by atoms with Gasteiger partial charge < -0.3 is 15.2 Å². The van der Waals surface area contributed by atoms with Gasteiger partial charge in [0.2, 0.25) is 5.91 Å². The van der Waals surface area contributed by atoms with E-state index in [0.717, 1.165) is 12.2 Å². The smallest absolute Gasteiger partial charge is 0.331 e. The van der Waals surface area contributed by atoms with Crippen molar-refractivity contribution in [1.82, 2.24) is 5.32 Å². The molecule has 0 aromatic carbocycles. The molecule has 0 saturated carbocycles. The fourth-order valence-corrected chi connectivity index (χ4v) is 2.03. The molecule has 1 fully saturated rings. The molecule has 1 amide bonds. The highest BCUT2D eigenvalue weighted by Crippen LogP contribution is 2.19. The summed E-state index contributed by atoms with van der Waals surface area (Å²) in [4.78, 5) is 22.6. The highest BCUT2D eigenvalue weighted by atomic mass is 32.2. The predicted molar refractivity (Wildman–Crippen MR) is 61.6 cm³/mol. The van der Waals surface area contributed by atoms with Crippen LogP contribution in [-0.4, -0.2) is 47.7 Å². The zero-order valence-electron chi connectivity index (χ0n) is 9.32. The third-order valence-corrected chi connectivity index (χ3v) is 3.26. The van der Waals surface area contributed by atoms with Crippen molar-refractivity contribution in [2.45, 2.75) is 24.8 Å². The van der Waals surface area contributed by atoms with Crippen molar-refractivity contribution in [3.8, 4) is 0 Å². The maximum absolute atomic E-state index is 11.5. The van der Waals surface area contributed by atoms with E-state index in [9.17, 15) is 9.59 Å². The van der Waals surface area contributed by atoms with E-state index in [4.69, 9.17) is 9.84 Å². The van der Waals surface area contributed by atoms with E-state index in [1.165, 1.54) is 0 Å². The highest BCUT2D eigenvalue weighted by molar-refractivity contribution is 7.98. The number of carboxylic acids is 1. The summed E-state index contributed by atoms with van der Waals surface area (Å²) in [5.41, 5.74) is -1.20. The minimum Gasteiger partial charge on any atom is -0.479 e. The Kier molecular flexibility index (Phi) is 5.08. The lowest BCUT2D eigenvalue weighted by atomic mass is 9.99. The molecule has 2 N–H and O–H groups in total. The third kappa shape index (κ3) is 3.38. The quantitative estimate of drug-likeness (QED) is 0.668. The molecule has 6 heteroatoms. The lowest BCUT2D eigenvalue weighted by Gasteiger charge is -2.23. The molecule has 1 heterocycles. The molecule has 0 spiro atoms. The van der Waals surface area contributed by atoms with E-state index in [1.807, 2.05) is 6.26 Å². The van der Waals surface area contributed by atoms with Crippen LogP contribution in [0.25, 0.3) is 0 Å². The lowest BCUT2D eigenvalue weighted by molar-refractivity contribution is -0.147. The maximum atomic E-state index is 11.5. The number of carboxylic acid groups (broad SMARTS) is 1. The molecule has 1 aliphatic rings. The second kappa shape index (κ2) is 6.10. The first-order chi connectivity index (χ1) is 7.60. The molecule has 1 aliphatic heterocycles. The van der Waals surface area contributed by atoms with Crippen LogP contribution in [0.5, 0.6) is 0 Å². The van der Waals surface area contributed by atoms with Gasteiger partial charge >= 0.3 is 5.97 Å². The van der Waals surface area contributed by atoms with Crippen LogP contribution in [0.2, 0.25) is 0 Å². The molecule has 1 unspecified atom stereocenters. The first-order valence-electron chi connectivity index (χ1n) is 5.22. The first-order valence-corrected chi connectivity index (χ1v) is 6.61. The highest BCUT2D eigenvalue weighted by Gasteiger charge is 2.43. The molecule has 0 aliphatic carbocycles. The molecule has 5 nitrogen and oxygen atoms in total. The largest absolute Gasteiger partial charge is 0.479 e. The van der Waals surface area contributed by atoms with Gasteiger partial charge in [-0.3, -0.25) is 4.79 Å². The monoisotopic (exact) mass is 247 g/mol. The summed E-state index contributed by atoms with van der Waals surface area (Å²) in [6.07, 6.45) is 3.46. The number of amides is 1. The molecule has 1 rings (SSSR count). The van der Waals surface area contributed by atoms with Gasteiger partial charge in [-0.05, 0) is 18.4 Å². The number of ether oxygens (including phenoxy) is 1. The number of thioether (sulfide) groups is 1. The van der Waals surface area contributed by atoms with Gasteiger partial charge in [0.25, 0.3) is 0 Å². The number of nitrogens with one attached hydrogen (secondary N) is 1. The molecule has 0 radical (unpaired) electrons. The standard InChI is InChI=1S/C10H17NO4S/c1-16-6-2-3-8(12)11-10(9(13)14)4-5-15-7-10/h2-7H2,1H3,(H,11,12)(H,13,14). The van der Waals surface area contributed by atoms with E-state index < -0.39 is 11.5 Å². The Morgan fingerprint density at radius 1 is 1.56 bits per heavy atom. The fraction of sp³-hybridized carbons (Fsp3) is 0.800. The first kappa shape index (κ1) is 13.3. The Hall–Kier alpha value is -0.750. The summed E-state index contributed by atoms with van der Waals surface area (Å²) in [6, 6.07) is 0. The minimum absolute atomic E-state index is 0.0661. The molecule has 1 saturated heterocycles. The summed E-state index contributed by atoms with van der Waals surface area (Å²) >= 11 is 1.67. The van der Waals surface area contributed by atoms with Gasteiger partial charge in [-0.25, -0.2) is 4.79 Å². The Balaban J connectivity index is 2.43. The fourth-order valence-electron chi connectivity index (χ4n) is 1.59. The number of hydrogen-bond donors (Lipinski definition) is 2. The van der Waals surface area contributed by atoms with Crippen LogP contribution >= 0.6 is 11.8 Å². The number of aliphatic carboxylic acids is 1. The number of hydrogen-bond acceptors (Lipinski definition) is 4. The second-order valence-electron chi connectivity index (χ2n) is 3.83. The van der Waals surface area contributed by atoms with Crippen molar-refractivity contribution in [2.24, 2.45) is 0 Å². The van der Waals surface area contributed by atoms with Crippen molar-refractivity contribution < 1.29 is 19.4 Å². The molecule has 0 aromatic rings. The molecule has 0 bridgehead atoms. The van der Waals surface area contributed by atoms with E-state index in [-0.39, 0.29) is 12.5 Å². The molecule has 0 aromatic heterocycles. The van der Waals surface area contributed by atoms with Crippen molar-refractivity contribution in [2.75, 3.05) is 25.2 Å². The third-order valence-electron chi connectivity index (χ3n) is 2.56. The average Bonchev–Trinajstić information content (AvgIpc) is 2.68. The van der Waals surface area contributed by atoms with Crippen LogP contribution in [0, 0.1) is 0 Å². The summed E-state index contributed by atoms with van der Waals surface area (Å²) in [5, 5.41) is 11.7. The van der Waals surface area contributed by atoms with E-state index in [1.54, 1.807) is 11.8 Å². The van der Waals surface area contributed by atoms with Crippen molar-refractivity contribution in [3.05, 3.63) is 0 Å². The van der Waals surface area contributed by atoms with Crippen LogP contribution < -0.4 is 5.32 Å². The minimum atomic E-state index is -1.20. The van der Waals surface area contributed by atoms with E-state index >= 15 is 0 Å². The van der Waals surface area contributed by atoms with Gasteiger partial charge in [0, 0.05) is 19.4 Å². The average molecular weight is 247 g/mol. The van der Waals surface area contributed by atoms with Gasteiger partial charge in [-0.1, -0.05) is 0 Å². The van der Waals surface area contributed by atoms with Crippen molar-refractivity contribution in [3.63, 3.8) is 0 Å². The molecule has 92 valence electrons. The zero-order valence-corrected chi connectivity index (χ0v) is 10.1. The van der Waals surface area contributed by atoms with Gasteiger partial charge in [0.05, 0.1) is 6.61 Å². The number of rotatable bonds is 6.